The molecule has 1 aromatic carbocycles. The Morgan fingerprint density at radius 2 is 2.00 bits per heavy atom. The highest BCUT2D eigenvalue weighted by Gasteiger charge is 2.09. The Morgan fingerprint density at radius 3 is 2.62 bits per heavy atom. The second-order valence-electron chi connectivity index (χ2n) is 4.96. The van der Waals surface area contributed by atoms with Gasteiger partial charge in [-0.15, -0.1) is 0 Å². The summed E-state index contributed by atoms with van der Waals surface area (Å²) in [6, 6.07) is 6.25. The van der Waals surface area contributed by atoms with Gasteiger partial charge in [-0.05, 0) is 31.5 Å². The number of imidazole rings is 1. The van der Waals surface area contributed by atoms with E-state index in [9.17, 15) is 0 Å². The average molecular weight is 289 g/mol. The fraction of sp³-hybridized carbons (Fsp3) is 0.438. The van der Waals surface area contributed by atoms with Crippen LogP contribution in [0.4, 0.5) is 0 Å². The third kappa shape index (κ3) is 3.76. The summed E-state index contributed by atoms with van der Waals surface area (Å²) in [6.07, 6.45) is 3.82. The SMILES string of the molecule is COc1ccc(C(C)NCCn2ccnc2C)cc1OC. The van der Waals surface area contributed by atoms with Gasteiger partial charge in [0.05, 0.1) is 14.2 Å². The minimum Gasteiger partial charge on any atom is -0.493 e. The van der Waals surface area contributed by atoms with Gasteiger partial charge in [-0.2, -0.15) is 0 Å². The molecule has 0 aliphatic carbocycles. The summed E-state index contributed by atoms with van der Waals surface area (Å²) in [5.41, 5.74) is 1.18. The zero-order valence-corrected chi connectivity index (χ0v) is 13.1. The Morgan fingerprint density at radius 1 is 1.24 bits per heavy atom. The number of hydrogen-bond acceptors (Lipinski definition) is 4. The molecule has 1 atom stereocenters. The maximum atomic E-state index is 5.34. The highest BCUT2D eigenvalue weighted by Crippen LogP contribution is 2.29. The Bertz CT molecular complexity index is 581. The standard InChI is InChI=1S/C16H23N3O2/c1-12(17-7-9-19-10-8-18-13(19)2)14-5-6-15(20-3)16(11-14)21-4/h5-6,8,10-12,17H,7,9H2,1-4H3. The van der Waals surface area contributed by atoms with E-state index in [0.717, 1.165) is 30.4 Å². The molecule has 1 aromatic heterocycles. The average Bonchev–Trinajstić information content (AvgIpc) is 2.91. The number of ether oxygens (including phenoxy) is 2. The molecule has 0 aliphatic rings. The first kappa shape index (κ1) is 15.4. The van der Waals surface area contributed by atoms with E-state index in [0.29, 0.717) is 0 Å². The van der Waals surface area contributed by atoms with Crippen LogP contribution in [0.5, 0.6) is 11.5 Å². The van der Waals surface area contributed by atoms with Crippen LogP contribution in [0.15, 0.2) is 30.6 Å². The number of aromatic nitrogens is 2. The van der Waals surface area contributed by atoms with E-state index in [-0.39, 0.29) is 6.04 Å². The van der Waals surface area contributed by atoms with Gasteiger partial charge in [0.15, 0.2) is 11.5 Å². The predicted octanol–water partition coefficient (Wildman–Crippen LogP) is 2.56. The largest absolute Gasteiger partial charge is 0.493 e. The number of nitrogens with zero attached hydrogens (tertiary/aromatic N) is 2. The van der Waals surface area contributed by atoms with Gasteiger partial charge in [0.1, 0.15) is 5.82 Å². The summed E-state index contributed by atoms with van der Waals surface area (Å²) in [5.74, 6) is 2.55. The minimum atomic E-state index is 0.244. The Labute approximate surface area is 125 Å². The fourth-order valence-electron chi connectivity index (χ4n) is 2.28. The van der Waals surface area contributed by atoms with Crippen molar-refractivity contribution in [2.45, 2.75) is 26.4 Å². The highest BCUT2D eigenvalue weighted by molar-refractivity contribution is 5.43. The summed E-state index contributed by atoms with van der Waals surface area (Å²) in [4.78, 5) is 4.22. The van der Waals surface area contributed by atoms with Crippen LogP contribution in [0, 0.1) is 6.92 Å². The molecule has 5 nitrogen and oxygen atoms in total. The number of hydrogen-bond donors (Lipinski definition) is 1. The van der Waals surface area contributed by atoms with Gasteiger partial charge in [0, 0.05) is 31.5 Å². The summed E-state index contributed by atoms with van der Waals surface area (Å²) >= 11 is 0. The molecule has 1 heterocycles. The summed E-state index contributed by atoms with van der Waals surface area (Å²) < 4.78 is 12.7. The zero-order chi connectivity index (χ0) is 15.2. The van der Waals surface area contributed by atoms with Crippen LogP contribution < -0.4 is 14.8 Å². The molecule has 0 amide bonds. The molecule has 0 spiro atoms. The molecule has 21 heavy (non-hydrogen) atoms. The summed E-state index contributed by atoms with van der Waals surface area (Å²) in [6.45, 7) is 5.94. The molecular formula is C16H23N3O2. The van der Waals surface area contributed by atoms with Crippen molar-refractivity contribution in [1.29, 1.82) is 0 Å². The van der Waals surface area contributed by atoms with Gasteiger partial charge >= 0.3 is 0 Å². The molecular weight excluding hydrogens is 266 g/mol. The van der Waals surface area contributed by atoms with E-state index in [1.807, 2.05) is 31.5 Å². The van der Waals surface area contributed by atoms with E-state index >= 15 is 0 Å². The molecule has 1 unspecified atom stereocenters. The van der Waals surface area contributed by atoms with E-state index in [2.05, 4.69) is 27.9 Å². The molecule has 5 heteroatoms. The molecule has 0 bridgehead atoms. The molecule has 0 saturated carbocycles. The van der Waals surface area contributed by atoms with Gasteiger partial charge < -0.3 is 19.4 Å². The van der Waals surface area contributed by atoms with Crippen LogP contribution in [0.3, 0.4) is 0 Å². The molecule has 2 aromatic rings. The van der Waals surface area contributed by atoms with Gasteiger partial charge in [-0.25, -0.2) is 4.98 Å². The van der Waals surface area contributed by atoms with Crippen molar-refractivity contribution < 1.29 is 9.47 Å². The molecule has 0 saturated heterocycles. The summed E-state index contributed by atoms with van der Waals surface area (Å²) in [7, 11) is 3.30. The monoisotopic (exact) mass is 289 g/mol. The van der Waals surface area contributed by atoms with Gasteiger partial charge in [-0.1, -0.05) is 6.07 Å². The van der Waals surface area contributed by atoms with Crippen molar-refractivity contribution in [2.24, 2.45) is 0 Å². The van der Waals surface area contributed by atoms with E-state index < -0.39 is 0 Å². The van der Waals surface area contributed by atoms with Crippen molar-refractivity contribution in [3.8, 4) is 11.5 Å². The number of nitrogens with one attached hydrogen (secondary N) is 1. The van der Waals surface area contributed by atoms with Gasteiger partial charge in [0.2, 0.25) is 0 Å². The number of aryl methyl sites for hydroxylation is 1. The minimum absolute atomic E-state index is 0.244. The van der Waals surface area contributed by atoms with Gasteiger partial charge in [0.25, 0.3) is 0 Å². The first-order valence-electron chi connectivity index (χ1n) is 7.08. The second kappa shape index (κ2) is 7.13. The van der Waals surface area contributed by atoms with E-state index in [4.69, 9.17) is 9.47 Å². The Kier molecular flexibility index (Phi) is 5.22. The third-order valence-electron chi connectivity index (χ3n) is 3.63. The molecule has 0 fully saturated rings. The molecule has 2 rings (SSSR count). The lowest BCUT2D eigenvalue weighted by atomic mass is 10.1. The van der Waals surface area contributed by atoms with E-state index in [1.165, 1.54) is 5.56 Å². The maximum Gasteiger partial charge on any atom is 0.161 e. The molecule has 0 aliphatic heterocycles. The lowest BCUT2D eigenvalue weighted by molar-refractivity contribution is 0.354. The van der Waals surface area contributed by atoms with Crippen molar-refractivity contribution in [2.75, 3.05) is 20.8 Å². The number of methoxy groups -OCH3 is 2. The smallest absolute Gasteiger partial charge is 0.161 e. The molecule has 114 valence electrons. The van der Waals surface area contributed by atoms with Crippen molar-refractivity contribution in [3.63, 3.8) is 0 Å². The normalized spacial score (nSPS) is 12.2. The van der Waals surface area contributed by atoms with Crippen LogP contribution in [-0.4, -0.2) is 30.3 Å². The van der Waals surface area contributed by atoms with Crippen LogP contribution in [-0.2, 0) is 6.54 Å². The van der Waals surface area contributed by atoms with Crippen LogP contribution in [0.1, 0.15) is 24.4 Å². The molecule has 1 N–H and O–H groups in total. The van der Waals surface area contributed by atoms with Crippen LogP contribution in [0.25, 0.3) is 0 Å². The fourth-order valence-corrected chi connectivity index (χ4v) is 2.28. The van der Waals surface area contributed by atoms with Crippen molar-refractivity contribution >= 4 is 0 Å². The Hall–Kier alpha value is -2.01. The van der Waals surface area contributed by atoms with Crippen molar-refractivity contribution in [3.05, 3.63) is 42.0 Å². The first-order chi connectivity index (χ1) is 10.2. The van der Waals surface area contributed by atoms with Crippen LogP contribution in [0.2, 0.25) is 0 Å². The van der Waals surface area contributed by atoms with Gasteiger partial charge in [-0.3, -0.25) is 0 Å². The molecule has 0 radical (unpaired) electrons. The van der Waals surface area contributed by atoms with E-state index in [1.54, 1.807) is 14.2 Å². The topological polar surface area (TPSA) is 48.3 Å². The number of benzene rings is 1. The third-order valence-corrected chi connectivity index (χ3v) is 3.63. The number of rotatable bonds is 7. The van der Waals surface area contributed by atoms with Crippen LogP contribution >= 0.6 is 0 Å². The quantitative estimate of drug-likeness (QED) is 0.851. The lowest BCUT2D eigenvalue weighted by Gasteiger charge is -2.17. The zero-order valence-electron chi connectivity index (χ0n) is 13.1. The lowest BCUT2D eigenvalue weighted by Crippen LogP contribution is -2.23. The predicted molar refractivity (Wildman–Crippen MR) is 82.9 cm³/mol. The van der Waals surface area contributed by atoms with Crippen molar-refractivity contribution in [1.82, 2.24) is 14.9 Å². The highest BCUT2D eigenvalue weighted by atomic mass is 16.5. The maximum absolute atomic E-state index is 5.34. The Balaban J connectivity index is 1.94. The second-order valence-corrected chi connectivity index (χ2v) is 4.96. The first-order valence-corrected chi connectivity index (χ1v) is 7.08. The summed E-state index contributed by atoms with van der Waals surface area (Å²) in [5, 5.41) is 3.51.